The zero-order chi connectivity index (χ0) is 77.9. The Morgan fingerprint density at radius 2 is 1.10 bits per heavy atom. The number of para-hydroxylation sites is 1. The third-order valence-corrected chi connectivity index (χ3v) is 17.0. The number of aliphatic hydroxyl groups is 2. The number of carboxylic acids is 2. The lowest BCUT2D eigenvalue weighted by Crippen LogP contribution is -2.62. The molecule has 1 aromatic heterocycles. The molecule has 1 saturated heterocycles. The van der Waals surface area contributed by atoms with Gasteiger partial charge in [0.2, 0.25) is 76.8 Å². The van der Waals surface area contributed by atoms with Crippen molar-refractivity contribution < 1.29 is 102 Å². The van der Waals surface area contributed by atoms with E-state index in [1.54, 1.807) is 74.6 Å². The highest BCUT2D eigenvalue weighted by Gasteiger charge is 2.40. The second kappa shape index (κ2) is 44.8. The largest absolute Gasteiger partial charge is 0.481 e. The molecule has 1 aliphatic heterocycles. The number of aliphatic hydroxyl groups excluding tert-OH is 2. The third-order valence-electron chi connectivity index (χ3n) is 17.0. The molecule has 37 heteroatoms. The summed E-state index contributed by atoms with van der Waals surface area (Å²) in [6.07, 6.45) is -1.05. The number of hydrogen-bond acceptors (Lipinski definition) is 21. The van der Waals surface area contributed by atoms with Gasteiger partial charge in [-0.25, -0.2) is 4.79 Å². The highest BCUT2D eigenvalue weighted by molar-refractivity contribution is 6.01. The molecule has 1 fully saturated rings. The molecule has 2 aromatic carbocycles. The van der Waals surface area contributed by atoms with Gasteiger partial charge in [0.1, 0.15) is 66.5 Å². The van der Waals surface area contributed by atoms with Crippen LogP contribution in [0, 0.1) is 5.92 Å². The number of carbonyl (C=O) groups is 16. The first kappa shape index (κ1) is 86.7. The Bertz CT molecular complexity index is 3500. The lowest BCUT2D eigenvalue weighted by atomic mass is 9.96. The molecule has 13 atom stereocenters. The summed E-state index contributed by atoms with van der Waals surface area (Å²) in [4.78, 5) is 223. The van der Waals surface area contributed by atoms with Gasteiger partial charge in [-0.1, -0.05) is 114 Å². The molecule has 105 heavy (non-hydrogen) atoms. The molecular formula is C68H100N16O21. The number of aromatic amines is 1. The summed E-state index contributed by atoms with van der Waals surface area (Å²) in [5.41, 5.74) is 18.8. The molecule has 0 aliphatic carbocycles. The van der Waals surface area contributed by atoms with E-state index in [4.69, 9.17) is 21.9 Å². The molecule has 4 rings (SSSR count). The minimum atomic E-state index is -2.14. The van der Waals surface area contributed by atoms with Gasteiger partial charge >= 0.3 is 17.9 Å². The van der Waals surface area contributed by atoms with Crippen LogP contribution in [-0.4, -0.2) is 226 Å². The van der Waals surface area contributed by atoms with Crippen LogP contribution in [0.3, 0.4) is 0 Å². The highest BCUT2D eigenvalue weighted by atomic mass is 16.5. The Balaban J connectivity index is 1.86. The molecule has 578 valence electrons. The number of fused-ring (bicyclic) bond motifs is 1. The average Bonchev–Trinajstić information content (AvgIpc) is 1.77. The van der Waals surface area contributed by atoms with E-state index >= 15 is 0 Å². The summed E-state index contributed by atoms with van der Waals surface area (Å²) in [7, 11) is 0. The smallest absolute Gasteiger partial charge is 0.329 e. The number of esters is 1. The van der Waals surface area contributed by atoms with Crippen LogP contribution in [0.25, 0.3) is 10.9 Å². The summed E-state index contributed by atoms with van der Waals surface area (Å²) >= 11 is 0. The van der Waals surface area contributed by atoms with Crippen molar-refractivity contribution in [2.75, 3.05) is 32.8 Å². The minimum absolute atomic E-state index is 0.217. The number of nitrogens with one attached hydrogen (secondary N) is 13. The van der Waals surface area contributed by atoms with Crippen molar-refractivity contribution in [2.24, 2.45) is 23.1 Å². The first-order valence-electron chi connectivity index (χ1n) is 34.7. The van der Waals surface area contributed by atoms with Crippen LogP contribution in [0.4, 0.5) is 0 Å². The quantitative estimate of drug-likeness (QED) is 0.0229. The van der Waals surface area contributed by atoms with E-state index in [-0.39, 0.29) is 38.6 Å². The molecule has 1 aliphatic rings. The van der Waals surface area contributed by atoms with E-state index in [1.807, 2.05) is 5.32 Å². The lowest BCUT2D eigenvalue weighted by Gasteiger charge is -2.30. The Labute approximate surface area is 605 Å². The summed E-state index contributed by atoms with van der Waals surface area (Å²) in [5.74, 6) is -21.0. The van der Waals surface area contributed by atoms with Crippen molar-refractivity contribution in [1.29, 1.82) is 0 Å². The molecule has 2 heterocycles. The maximum Gasteiger partial charge on any atom is 0.329 e. The van der Waals surface area contributed by atoms with Crippen LogP contribution in [-0.2, 0) is 94.3 Å². The number of primary amides is 1. The van der Waals surface area contributed by atoms with Gasteiger partial charge in [-0.3, -0.25) is 71.9 Å². The van der Waals surface area contributed by atoms with Crippen molar-refractivity contribution in [3.05, 3.63) is 71.9 Å². The topological polar surface area (TPSA) is 601 Å². The Hall–Kier alpha value is -10.7. The predicted octanol–water partition coefficient (Wildman–Crippen LogP) is -4.96. The number of aliphatic carboxylic acids is 2. The molecule has 37 nitrogen and oxygen atoms in total. The van der Waals surface area contributed by atoms with Crippen molar-refractivity contribution in [3.63, 3.8) is 0 Å². The molecule has 13 amide bonds. The van der Waals surface area contributed by atoms with E-state index in [9.17, 15) is 97.1 Å². The van der Waals surface area contributed by atoms with Gasteiger partial charge in [0, 0.05) is 29.9 Å². The summed E-state index contributed by atoms with van der Waals surface area (Å²) in [6, 6.07) is -3.49. The van der Waals surface area contributed by atoms with Crippen LogP contribution in [0.15, 0.2) is 60.8 Å². The molecule has 0 saturated carbocycles. The Kier molecular flexibility index (Phi) is 37.0. The summed E-state index contributed by atoms with van der Waals surface area (Å²) in [5, 5.41) is 69.2. The Morgan fingerprint density at radius 1 is 0.590 bits per heavy atom. The van der Waals surface area contributed by atoms with Gasteiger partial charge < -0.3 is 111 Å². The SMILES string of the molecule is CCCCCCCCC(O)CC(=O)N[C@H](CO)C(=O)N[C@@H]1C(=O)N[C@H](CCN)C(=O)N[C@@H](CC(=O)O)C(=O)NCC(=O)N[C@H](CC(N)=O)C(=O)N[C@H](CC(=O)O)C(=O)NCC(=O)N[C@@H](Cc2c[nH]c3ccccc23)C(=O)N[C@H]([C@@H](C)CC)C(=O)N[C@@H](CCN)C(=O)N[C@@H](Cc2ccccc2)C(=O)O[C@@H]1C. The number of nitrogens with two attached hydrogens (primary N) is 3. The molecule has 0 bridgehead atoms. The second-order valence-electron chi connectivity index (χ2n) is 25.5. The van der Waals surface area contributed by atoms with Crippen LogP contribution in [0.5, 0.6) is 0 Å². The lowest BCUT2D eigenvalue weighted by molar-refractivity contribution is -0.156. The van der Waals surface area contributed by atoms with Crippen LogP contribution in [0.2, 0.25) is 0 Å². The molecular weight excluding hydrogens is 1380 g/mol. The number of benzene rings is 2. The number of cyclic esters (lactones) is 1. The fourth-order valence-electron chi connectivity index (χ4n) is 11.1. The first-order valence-corrected chi connectivity index (χ1v) is 34.7. The van der Waals surface area contributed by atoms with Crippen molar-refractivity contribution in [3.8, 4) is 0 Å². The van der Waals surface area contributed by atoms with Gasteiger partial charge in [0.05, 0.1) is 51.5 Å². The minimum Gasteiger partial charge on any atom is -0.481 e. The van der Waals surface area contributed by atoms with Gasteiger partial charge in [-0.05, 0) is 62.4 Å². The number of hydrogen-bond donors (Lipinski definition) is 20. The fourth-order valence-corrected chi connectivity index (χ4v) is 11.1. The van der Waals surface area contributed by atoms with Gasteiger partial charge in [-0.15, -0.1) is 0 Å². The van der Waals surface area contributed by atoms with E-state index in [0.29, 0.717) is 28.5 Å². The number of carbonyl (C=O) groups excluding carboxylic acids is 14. The van der Waals surface area contributed by atoms with E-state index in [1.165, 1.54) is 0 Å². The Morgan fingerprint density at radius 3 is 1.65 bits per heavy atom. The standard InChI is InChI=1S/C68H100N16O21/c1-5-7-8-9-10-14-19-40(86)28-52(88)77-50(35-85)65(101)84-58-37(4)105-68(104)49(26-38-17-12-11-13-18-38)82-62(98)44(23-25-70)78-66(102)57(36(3)6-2)83-64(100)45(27-39-32-72-42-21-16-15-20-41(39)42)75-53(89)33-73-60(96)48(31-56(93)94)81-63(99)46(29-51(71)87)76-54(90)34-74-59(95)47(30-55(91)92)80-61(97)43(22-24-69)79-67(58)103/h11-13,15-18,20-21,32,36-37,40,43-50,57-58,72,85-86H,5-10,14,19,22-31,33-35,69-70H2,1-4H3,(H2,71,87)(H,73,96)(H,74,95)(H,75,89)(H,76,90)(H,77,88)(H,78,102)(H,79,103)(H,80,97)(H,81,99)(H,82,98)(H,83,100)(H,84,101)(H,91,92)(H,93,94)/t36-,37+,40?,43+,44-,45-,46+,47-,48+,49-,50+,57+,58-/m0/s1. The highest BCUT2D eigenvalue weighted by Crippen LogP contribution is 2.21. The zero-order valence-electron chi connectivity index (χ0n) is 59.1. The van der Waals surface area contributed by atoms with Crippen LogP contribution >= 0.6 is 0 Å². The van der Waals surface area contributed by atoms with Crippen molar-refractivity contribution >= 4 is 106 Å². The molecule has 23 N–H and O–H groups in total. The van der Waals surface area contributed by atoms with Crippen LogP contribution in [0.1, 0.15) is 129 Å². The number of unbranched alkanes of at least 4 members (excludes halogenated alkanes) is 5. The molecule has 1 unspecified atom stereocenters. The van der Waals surface area contributed by atoms with E-state index in [0.717, 1.165) is 39.0 Å². The number of amides is 13. The number of carboxylic acid groups (broad SMARTS) is 2. The molecule has 0 spiro atoms. The van der Waals surface area contributed by atoms with Gasteiger partial charge in [0.15, 0.2) is 0 Å². The monoisotopic (exact) mass is 1480 g/mol. The zero-order valence-corrected chi connectivity index (χ0v) is 59.1. The van der Waals surface area contributed by atoms with Crippen molar-refractivity contribution in [2.45, 2.75) is 203 Å². The van der Waals surface area contributed by atoms with Crippen molar-refractivity contribution in [1.82, 2.24) is 68.8 Å². The first-order chi connectivity index (χ1) is 49.9. The van der Waals surface area contributed by atoms with E-state index in [2.05, 4.69) is 70.4 Å². The normalized spacial score (nSPS) is 23.0. The molecule has 0 radical (unpaired) electrons. The summed E-state index contributed by atoms with van der Waals surface area (Å²) in [6.45, 7) is 2.50. The summed E-state index contributed by atoms with van der Waals surface area (Å²) < 4.78 is 5.87. The molecule has 3 aromatic rings. The maximum absolute atomic E-state index is 14.8. The average molecular weight is 1480 g/mol. The van der Waals surface area contributed by atoms with Gasteiger partial charge in [-0.2, -0.15) is 0 Å². The number of rotatable bonds is 29. The number of H-pyrrole nitrogens is 1. The number of aromatic nitrogens is 1. The third kappa shape index (κ3) is 29.9. The van der Waals surface area contributed by atoms with Gasteiger partial charge in [0.25, 0.3) is 0 Å². The second-order valence-corrected chi connectivity index (χ2v) is 25.5. The van der Waals surface area contributed by atoms with E-state index < -0.39 is 232 Å². The maximum atomic E-state index is 14.8. The van der Waals surface area contributed by atoms with Crippen LogP contribution < -0.4 is 81.0 Å². The fraction of sp³-hybridized carbons (Fsp3) is 0.559. The number of ether oxygens (including phenoxy) is 1. The predicted molar refractivity (Wildman–Crippen MR) is 374 cm³/mol.